The van der Waals surface area contributed by atoms with E-state index in [1.165, 1.54) is 23.0 Å². The number of hydrogen-bond acceptors (Lipinski definition) is 7. The third kappa shape index (κ3) is 5.16. The topological polar surface area (TPSA) is 129 Å². The molecule has 0 bridgehead atoms. The number of aromatic nitrogens is 1. The van der Waals surface area contributed by atoms with Crippen molar-refractivity contribution >= 4 is 32.2 Å². The largest absolute Gasteiger partial charge is 0.393 e. The fourth-order valence-electron chi connectivity index (χ4n) is 4.52. The number of aliphatic hydroxyl groups is 1. The number of fused-ring (bicyclic) bond motifs is 1. The number of amides is 1. The number of aliphatic hydroxyl groups excluding tert-OH is 1. The molecular formula is C26H31N3O6S. The highest BCUT2D eigenvalue weighted by Gasteiger charge is 2.43. The summed E-state index contributed by atoms with van der Waals surface area (Å²) in [7, 11) is -3.85. The van der Waals surface area contributed by atoms with Gasteiger partial charge in [-0.3, -0.25) is 14.8 Å². The minimum absolute atomic E-state index is 0.00979. The summed E-state index contributed by atoms with van der Waals surface area (Å²) in [6.45, 7) is 2.87. The van der Waals surface area contributed by atoms with E-state index in [1.54, 1.807) is 12.3 Å². The lowest BCUT2D eigenvalue weighted by Gasteiger charge is -2.31. The van der Waals surface area contributed by atoms with Gasteiger partial charge < -0.3 is 14.6 Å². The Kier molecular flexibility index (Phi) is 7.21. The molecule has 10 heteroatoms. The molecule has 192 valence electrons. The van der Waals surface area contributed by atoms with Gasteiger partial charge in [-0.25, -0.2) is 13.9 Å². The molecule has 1 saturated heterocycles. The number of pyridine rings is 1. The van der Waals surface area contributed by atoms with Crippen molar-refractivity contribution in [2.45, 2.75) is 43.6 Å². The lowest BCUT2D eigenvalue weighted by atomic mass is 10.0. The molecule has 3 N–H and O–H groups in total. The molecule has 0 saturated carbocycles. The highest BCUT2D eigenvalue weighted by atomic mass is 32.2. The lowest BCUT2D eigenvalue weighted by molar-refractivity contribution is -0.131. The number of carbonyl (C=O) groups is 1. The predicted molar refractivity (Wildman–Crippen MR) is 139 cm³/mol. The molecule has 1 aliphatic rings. The zero-order valence-electron chi connectivity index (χ0n) is 20.3. The van der Waals surface area contributed by atoms with E-state index in [0.29, 0.717) is 0 Å². The number of piperidine rings is 1. The van der Waals surface area contributed by atoms with Crippen LogP contribution in [0.4, 0.5) is 5.69 Å². The van der Waals surface area contributed by atoms with Gasteiger partial charge in [-0.1, -0.05) is 18.2 Å². The first kappa shape index (κ1) is 25.9. The minimum Gasteiger partial charge on any atom is -0.393 e. The molecule has 4 rings (SSSR count). The number of nitrogens with one attached hydrogen (secondary N) is 1. The van der Waals surface area contributed by atoms with Crippen molar-refractivity contribution in [1.82, 2.24) is 10.0 Å². The van der Waals surface area contributed by atoms with Gasteiger partial charge in [-0.05, 0) is 72.4 Å². The molecule has 1 atom stereocenters. The molecule has 1 amide bonds. The second-order valence-electron chi connectivity index (χ2n) is 9.61. The number of rotatable bonds is 7. The molecule has 2 heterocycles. The number of hydroxylamine groups is 1. The highest BCUT2D eigenvalue weighted by Crippen LogP contribution is 2.29. The smallest absolute Gasteiger partial charge is 0.264 e. The second-order valence-corrected chi connectivity index (χ2v) is 12.1. The molecule has 3 aromatic rings. The van der Waals surface area contributed by atoms with Gasteiger partial charge in [0.05, 0.1) is 6.10 Å². The molecule has 36 heavy (non-hydrogen) atoms. The SMILES string of the molecule is CC(CCn1ccc(-c2ccc3cc(N4CCC(O)CC4)ccc3c2)cc1=O)(C(=O)NO)S(C)(=O)=O. The van der Waals surface area contributed by atoms with Crippen molar-refractivity contribution in [3.8, 4) is 11.1 Å². The summed E-state index contributed by atoms with van der Waals surface area (Å²) in [4.78, 5) is 27.1. The maximum atomic E-state index is 12.8. The Balaban J connectivity index is 1.54. The summed E-state index contributed by atoms with van der Waals surface area (Å²) in [6, 6.07) is 15.5. The number of aryl methyl sites for hydroxylation is 1. The summed E-state index contributed by atoms with van der Waals surface area (Å²) >= 11 is 0. The quantitative estimate of drug-likeness (QED) is 0.327. The molecule has 1 aliphatic heterocycles. The second kappa shape index (κ2) is 10.0. The fraction of sp³-hybridized carbons (Fsp3) is 0.385. The van der Waals surface area contributed by atoms with Gasteiger partial charge in [0.1, 0.15) is 0 Å². The number of carbonyl (C=O) groups excluding carboxylic acids is 1. The molecule has 9 nitrogen and oxygen atoms in total. The van der Waals surface area contributed by atoms with Crippen LogP contribution in [0, 0.1) is 0 Å². The number of benzene rings is 2. The molecule has 0 radical (unpaired) electrons. The molecule has 1 unspecified atom stereocenters. The average Bonchev–Trinajstić information content (AvgIpc) is 2.86. The Bertz CT molecular complexity index is 1440. The summed E-state index contributed by atoms with van der Waals surface area (Å²) in [5, 5.41) is 20.8. The number of anilines is 1. The van der Waals surface area contributed by atoms with E-state index in [-0.39, 0.29) is 24.6 Å². The van der Waals surface area contributed by atoms with Gasteiger partial charge in [-0.15, -0.1) is 0 Å². The summed E-state index contributed by atoms with van der Waals surface area (Å²) in [6.07, 6.45) is 3.65. The van der Waals surface area contributed by atoms with Crippen molar-refractivity contribution in [1.29, 1.82) is 0 Å². The van der Waals surface area contributed by atoms with Crippen molar-refractivity contribution < 1.29 is 23.5 Å². The van der Waals surface area contributed by atoms with Gasteiger partial charge in [0.2, 0.25) is 0 Å². The van der Waals surface area contributed by atoms with Gasteiger partial charge in [0, 0.05) is 43.8 Å². The summed E-state index contributed by atoms with van der Waals surface area (Å²) in [5.41, 5.74) is 3.82. The molecule has 1 aromatic heterocycles. The number of hydrogen-bond donors (Lipinski definition) is 3. The van der Waals surface area contributed by atoms with E-state index in [1.807, 2.05) is 18.2 Å². The maximum absolute atomic E-state index is 12.8. The Labute approximate surface area is 209 Å². The normalized spacial score (nSPS) is 16.6. The van der Waals surface area contributed by atoms with Crippen molar-refractivity contribution in [3.63, 3.8) is 0 Å². The van der Waals surface area contributed by atoms with Crippen LogP contribution in [0.3, 0.4) is 0 Å². The van der Waals surface area contributed by atoms with Crippen LogP contribution in [0.25, 0.3) is 21.9 Å². The van der Waals surface area contributed by atoms with Gasteiger partial charge in [-0.2, -0.15) is 0 Å². The molecule has 1 fully saturated rings. The van der Waals surface area contributed by atoms with Gasteiger partial charge in [0.25, 0.3) is 11.5 Å². The predicted octanol–water partition coefficient (Wildman–Crippen LogP) is 2.33. The van der Waals surface area contributed by atoms with Crippen LogP contribution in [-0.2, 0) is 21.2 Å². The minimum atomic E-state index is -3.85. The Hall–Kier alpha value is -3.21. The Morgan fingerprint density at radius 1 is 1.06 bits per heavy atom. The van der Waals surface area contributed by atoms with E-state index in [9.17, 15) is 23.1 Å². The molecule has 0 aliphatic carbocycles. The monoisotopic (exact) mass is 513 g/mol. The van der Waals surface area contributed by atoms with E-state index >= 15 is 0 Å². The van der Waals surface area contributed by atoms with Crippen LogP contribution in [0.15, 0.2) is 59.5 Å². The highest BCUT2D eigenvalue weighted by molar-refractivity contribution is 7.92. The van der Waals surface area contributed by atoms with Crippen LogP contribution in [0.2, 0.25) is 0 Å². The van der Waals surface area contributed by atoms with Gasteiger partial charge >= 0.3 is 0 Å². The van der Waals surface area contributed by atoms with Crippen LogP contribution in [0.5, 0.6) is 0 Å². The van der Waals surface area contributed by atoms with Crippen LogP contribution in [-0.4, -0.2) is 59.4 Å². The standard InChI is InChI=1S/C26H31N3O6S/c1-26(25(32)27-33,36(2,34)35)10-14-29-11-7-21(17-24(29)31)18-3-4-20-16-22(6-5-19(20)15-18)28-12-8-23(30)9-13-28/h3-7,11,15-17,23,30,33H,8-10,12-14H2,1-2H3,(H,27,32). The Morgan fingerprint density at radius 3 is 2.33 bits per heavy atom. The number of sulfone groups is 1. The average molecular weight is 514 g/mol. The van der Waals surface area contributed by atoms with Crippen LogP contribution in [0.1, 0.15) is 26.2 Å². The molecule has 2 aromatic carbocycles. The summed E-state index contributed by atoms with van der Waals surface area (Å²) < 4.78 is 23.8. The van der Waals surface area contributed by atoms with E-state index < -0.39 is 20.5 Å². The first-order chi connectivity index (χ1) is 17.0. The third-order valence-electron chi connectivity index (χ3n) is 7.21. The number of nitrogens with zero attached hydrogens (tertiary/aromatic N) is 2. The summed E-state index contributed by atoms with van der Waals surface area (Å²) in [5.74, 6) is -1.04. The van der Waals surface area contributed by atoms with E-state index in [0.717, 1.165) is 59.8 Å². The van der Waals surface area contributed by atoms with Gasteiger partial charge in [0.15, 0.2) is 14.6 Å². The zero-order chi connectivity index (χ0) is 26.1. The van der Waals surface area contributed by atoms with Crippen molar-refractivity contribution in [3.05, 3.63) is 65.1 Å². The molecule has 0 spiro atoms. The van der Waals surface area contributed by atoms with Crippen molar-refractivity contribution in [2.24, 2.45) is 0 Å². The third-order valence-corrected chi connectivity index (χ3v) is 9.24. The van der Waals surface area contributed by atoms with Crippen molar-refractivity contribution in [2.75, 3.05) is 24.2 Å². The zero-order valence-corrected chi connectivity index (χ0v) is 21.2. The van der Waals surface area contributed by atoms with E-state index in [4.69, 9.17) is 5.21 Å². The fourth-order valence-corrected chi connectivity index (χ4v) is 5.37. The van der Waals surface area contributed by atoms with Crippen LogP contribution < -0.4 is 15.9 Å². The maximum Gasteiger partial charge on any atom is 0.264 e. The first-order valence-electron chi connectivity index (χ1n) is 11.8. The lowest BCUT2D eigenvalue weighted by Crippen LogP contribution is -2.49. The first-order valence-corrected chi connectivity index (χ1v) is 13.7. The Morgan fingerprint density at radius 2 is 1.69 bits per heavy atom. The van der Waals surface area contributed by atoms with Crippen LogP contribution >= 0.6 is 0 Å². The van der Waals surface area contributed by atoms with E-state index in [2.05, 4.69) is 23.1 Å². The molecular weight excluding hydrogens is 482 g/mol.